The molecule has 1 aliphatic rings. The molecule has 0 aliphatic carbocycles. The van der Waals surface area contributed by atoms with E-state index in [0.717, 1.165) is 11.1 Å². The summed E-state index contributed by atoms with van der Waals surface area (Å²) >= 11 is 12.4. The van der Waals surface area contributed by atoms with Crippen molar-refractivity contribution in [3.63, 3.8) is 0 Å². The SMILES string of the molecule is CC1(NC(=O)CC(=O)NCc2ccc(/C=C/C(=O)NO)cc2)CCN(c2cnc(-c3cccc(Cl)c3Cl)c(N)n2)CC1. The maximum Gasteiger partial charge on any atom is 0.267 e. The lowest BCUT2D eigenvalue weighted by atomic mass is 9.89. The van der Waals surface area contributed by atoms with E-state index in [1.165, 1.54) is 11.6 Å². The van der Waals surface area contributed by atoms with E-state index in [9.17, 15) is 14.4 Å². The molecule has 1 aliphatic heterocycles. The molecular weight excluding hydrogens is 581 g/mol. The third-order valence-electron chi connectivity index (χ3n) is 6.95. The number of rotatable bonds is 9. The van der Waals surface area contributed by atoms with E-state index < -0.39 is 11.4 Å². The molecule has 3 aromatic rings. The second-order valence-electron chi connectivity index (χ2n) is 10.2. The van der Waals surface area contributed by atoms with Crippen molar-refractivity contribution in [3.05, 3.63) is 75.9 Å². The number of carbonyl (C=O) groups is 3. The Kier molecular flexibility index (Phi) is 10.00. The molecule has 4 rings (SSSR count). The average molecular weight is 613 g/mol. The molecule has 11 nitrogen and oxygen atoms in total. The van der Waals surface area contributed by atoms with Crippen LogP contribution in [0.1, 0.15) is 37.3 Å². The summed E-state index contributed by atoms with van der Waals surface area (Å²) in [5, 5.41) is 15.1. The Balaban J connectivity index is 1.24. The Bertz CT molecular complexity index is 1490. The molecule has 1 fully saturated rings. The molecule has 2 heterocycles. The largest absolute Gasteiger partial charge is 0.382 e. The number of hydrogen-bond acceptors (Lipinski definition) is 8. The van der Waals surface area contributed by atoms with Gasteiger partial charge in [-0.05, 0) is 43.0 Å². The molecule has 0 atom stereocenters. The first-order chi connectivity index (χ1) is 20.1. The number of anilines is 2. The Morgan fingerprint density at radius 2 is 1.81 bits per heavy atom. The van der Waals surface area contributed by atoms with Crippen molar-refractivity contribution in [3.8, 4) is 11.3 Å². The van der Waals surface area contributed by atoms with E-state index in [0.29, 0.717) is 53.1 Å². The van der Waals surface area contributed by atoms with Gasteiger partial charge in [-0.25, -0.2) is 15.4 Å². The van der Waals surface area contributed by atoms with Gasteiger partial charge in [0, 0.05) is 36.8 Å². The van der Waals surface area contributed by atoms with Gasteiger partial charge in [-0.1, -0.05) is 59.6 Å². The third kappa shape index (κ3) is 7.96. The maximum atomic E-state index is 12.7. The zero-order chi connectivity index (χ0) is 30.3. The molecule has 0 spiro atoms. The van der Waals surface area contributed by atoms with Crippen LogP contribution >= 0.6 is 23.2 Å². The van der Waals surface area contributed by atoms with Gasteiger partial charge in [0.25, 0.3) is 5.91 Å². The van der Waals surface area contributed by atoms with Crippen LogP contribution in [0.3, 0.4) is 0 Å². The number of halogens is 2. The first kappa shape index (κ1) is 30.8. The van der Waals surface area contributed by atoms with Gasteiger partial charge in [-0.2, -0.15) is 0 Å². The number of hydroxylamine groups is 1. The fraction of sp³-hybridized carbons (Fsp3) is 0.276. The highest BCUT2D eigenvalue weighted by Gasteiger charge is 2.32. The number of nitrogens with two attached hydrogens (primary N) is 1. The minimum atomic E-state index is -0.630. The smallest absolute Gasteiger partial charge is 0.267 e. The minimum absolute atomic E-state index is 0.240. The van der Waals surface area contributed by atoms with Crippen LogP contribution in [0, 0.1) is 0 Å². The summed E-state index contributed by atoms with van der Waals surface area (Å²) in [6.07, 6.45) is 5.39. The predicted octanol–water partition coefficient (Wildman–Crippen LogP) is 3.73. The van der Waals surface area contributed by atoms with E-state index in [2.05, 4.69) is 25.5 Å². The number of nitrogens with zero attached hydrogens (tertiary/aromatic N) is 3. The lowest BCUT2D eigenvalue weighted by molar-refractivity contribution is -0.130. The van der Waals surface area contributed by atoms with Crippen LogP contribution in [0.25, 0.3) is 17.3 Å². The van der Waals surface area contributed by atoms with Gasteiger partial charge >= 0.3 is 0 Å². The Hall–Kier alpha value is -4.19. The van der Waals surface area contributed by atoms with E-state index in [4.69, 9.17) is 34.1 Å². The quantitative estimate of drug-likeness (QED) is 0.106. The third-order valence-corrected chi connectivity index (χ3v) is 7.77. The van der Waals surface area contributed by atoms with Crippen molar-refractivity contribution in [1.82, 2.24) is 26.1 Å². The van der Waals surface area contributed by atoms with Gasteiger partial charge in [-0.3, -0.25) is 19.6 Å². The Morgan fingerprint density at radius 1 is 1.10 bits per heavy atom. The molecule has 1 saturated heterocycles. The number of nitrogens with one attached hydrogen (secondary N) is 3. The molecule has 0 bridgehead atoms. The first-order valence-corrected chi connectivity index (χ1v) is 13.9. The van der Waals surface area contributed by atoms with Crippen molar-refractivity contribution < 1.29 is 19.6 Å². The normalized spacial score (nSPS) is 14.4. The fourth-order valence-electron chi connectivity index (χ4n) is 4.54. The minimum Gasteiger partial charge on any atom is -0.382 e. The van der Waals surface area contributed by atoms with Crippen molar-refractivity contribution in [2.24, 2.45) is 0 Å². The van der Waals surface area contributed by atoms with Gasteiger partial charge < -0.3 is 21.3 Å². The number of piperidine rings is 1. The topological polar surface area (TPSA) is 163 Å². The van der Waals surface area contributed by atoms with Crippen molar-refractivity contribution in [2.75, 3.05) is 23.7 Å². The van der Waals surface area contributed by atoms with Crippen LogP contribution in [0.15, 0.2) is 54.7 Å². The second kappa shape index (κ2) is 13.6. The van der Waals surface area contributed by atoms with Gasteiger partial charge in [-0.15, -0.1) is 0 Å². The fourth-order valence-corrected chi connectivity index (χ4v) is 4.93. The van der Waals surface area contributed by atoms with Crippen LogP contribution < -0.4 is 26.7 Å². The number of aromatic nitrogens is 2. The molecule has 0 unspecified atom stereocenters. The standard InChI is InChI=1S/C29H31Cl2N7O4/c1-29(36-25(41)15-24(40)33-16-19-7-5-18(6-8-19)9-10-23(39)37-42)11-13-38(14-12-29)22-17-34-27(28(32)35-22)20-3-2-4-21(30)26(20)31/h2-10,17,42H,11-16H2,1H3,(H2,32,35)(H,33,40)(H,36,41)(H,37,39)/b10-9+. The summed E-state index contributed by atoms with van der Waals surface area (Å²) in [5.41, 5.74) is 9.91. The molecule has 2 aromatic carbocycles. The predicted molar refractivity (Wildman–Crippen MR) is 162 cm³/mol. The number of carbonyl (C=O) groups excluding carboxylic acids is 3. The second-order valence-corrected chi connectivity index (χ2v) is 10.9. The Morgan fingerprint density at radius 3 is 2.48 bits per heavy atom. The van der Waals surface area contributed by atoms with Gasteiger partial charge in [0.15, 0.2) is 5.82 Å². The van der Waals surface area contributed by atoms with Crippen LogP contribution in [0.2, 0.25) is 10.0 Å². The van der Waals surface area contributed by atoms with Crippen LogP contribution in [0.5, 0.6) is 0 Å². The van der Waals surface area contributed by atoms with E-state index in [1.54, 1.807) is 54.7 Å². The summed E-state index contributed by atoms with van der Waals surface area (Å²) < 4.78 is 0. The molecular formula is C29H31Cl2N7O4. The van der Waals surface area contributed by atoms with Crippen molar-refractivity contribution in [1.29, 1.82) is 0 Å². The van der Waals surface area contributed by atoms with Gasteiger partial charge in [0.2, 0.25) is 11.8 Å². The lowest BCUT2D eigenvalue weighted by Crippen LogP contribution is -2.54. The van der Waals surface area contributed by atoms with Crippen LogP contribution in [-0.4, -0.2) is 51.5 Å². The maximum absolute atomic E-state index is 12.7. The lowest BCUT2D eigenvalue weighted by Gasteiger charge is -2.40. The number of benzene rings is 2. The van der Waals surface area contributed by atoms with Gasteiger partial charge in [0.1, 0.15) is 17.9 Å². The highest BCUT2D eigenvalue weighted by Crippen LogP contribution is 2.35. The molecule has 42 heavy (non-hydrogen) atoms. The molecule has 0 saturated carbocycles. The first-order valence-electron chi connectivity index (χ1n) is 13.2. The summed E-state index contributed by atoms with van der Waals surface area (Å²) in [6.45, 7) is 3.45. The zero-order valence-electron chi connectivity index (χ0n) is 22.9. The summed E-state index contributed by atoms with van der Waals surface area (Å²) in [5.74, 6) is -0.499. The molecule has 1 aromatic heterocycles. The molecule has 220 valence electrons. The van der Waals surface area contributed by atoms with Crippen molar-refractivity contribution >= 4 is 58.6 Å². The summed E-state index contributed by atoms with van der Waals surface area (Å²) in [6, 6.07) is 12.4. The van der Waals surface area contributed by atoms with E-state index in [-0.39, 0.29) is 30.6 Å². The van der Waals surface area contributed by atoms with E-state index in [1.807, 2.05) is 6.92 Å². The number of nitrogen functional groups attached to an aromatic ring is 1. The molecule has 3 amide bonds. The number of hydrogen-bond donors (Lipinski definition) is 5. The Labute approximate surface area is 253 Å². The van der Waals surface area contributed by atoms with Crippen LogP contribution in [-0.2, 0) is 20.9 Å². The van der Waals surface area contributed by atoms with E-state index >= 15 is 0 Å². The summed E-state index contributed by atoms with van der Waals surface area (Å²) in [7, 11) is 0. The molecule has 6 N–H and O–H groups in total. The zero-order valence-corrected chi connectivity index (χ0v) is 24.4. The van der Waals surface area contributed by atoms with Gasteiger partial charge in [0.05, 0.1) is 16.2 Å². The summed E-state index contributed by atoms with van der Waals surface area (Å²) in [4.78, 5) is 47.2. The average Bonchev–Trinajstić information content (AvgIpc) is 2.97. The molecule has 0 radical (unpaired) electrons. The monoisotopic (exact) mass is 611 g/mol. The highest BCUT2D eigenvalue weighted by molar-refractivity contribution is 6.43. The van der Waals surface area contributed by atoms with Crippen LogP contribution in [0.4, 0.5) is 11.6 Å². The highest BCUT2D eigenvalue weighted by atomic mass is 35.5. The molecule has 13 heteroatoms. The van der Waals surface area contributed by atoms with Crippen molar-refractivity contribution in [2.45, 2.75) is 38.3 Å². The number of amides is 3.